The number of hydrogen-bond donors (Lipinski definition) is 1. The van der Waals surface area contributed by atoms with Crippen molar-refractivity contribution in [2.75, 3.05) is 11.4 Å². The second-order valence-electron chi connectivity index (χ2n) is 5.64. The van der Waals surface area contributed by atoms with Gasteiger partial charge in [-0.3, -0.25) is 9.59 Å². The van der Waals surface area contributed by atoms with Crippen LogP contribution in [0.15, 0.2) is 22.7 Å². The van der Waals surface area contributed by atoms with E-state index in [0.29, 0.717) is 36.5 Å². The smallest absolute Gasteiger partial charge is 0.252 e. The standard InChI is InChI=1S/C15H16BrClN2O2/c16-10-3-4-12(11(17)9-10)19-8-5-13(20)18-15(14(19)21)6-1-2-7-15/h3-4,9H,1-2,5-8H2,(H,18,20). The average Bonchev–Trinajstić information content (AvgIpc) is 2.85. The molecule has 1 saturated carbocycles. The fraction of sp³-hybridized carbons (Fsp3) is 0.467. The summed E-state index contributed by atoms with van der Waals surface area (Å²) >= 11 is 9.65. The summed E-state index contributed by atoms with van der Waals surface area (Å²) in [6.07, 6.45) is 3.66. The van der Waals surface area contributed by atoms with E-state index in [0.717, 1.165) is 17.3 Å². The van der Waals surface area contributed by atoms with Crippen LogP contribution in [0.25, 0.3) is 0 Å². The van der Waals surface area contributed by atoms with Crippen LogP contribution in [0.5, 0.6) is 0 Å². The molecular weight excluding hydrogens is 356 g/mol. The summed E-state index contributed by atoms with van der Waals surface area (Å²) in [7, 11) is 0. The van der Waals surface area contributed by atoms with Crippen molar-refractivity contribution in [3.8, 4) is 0 Å². The highest BCUT2D eigenvalue weighted by Crippen LogP contribution is 2.37. The topological polar surface area (TPSA) is 49.4 Å². The molecule has 2 amide bonds. The Kier molecular flexibility index (Phi) is 3.97. The number of amides is 2. The minimum Gasteiger partial charge on any atom is -0.342 e. The average molecular weight is 372 g/mol. The molecule has 1 aliphatic heterocycles. The summed E-state index contributed by atoms with van der Waals surface area (Å²) in [5.41, 5.74) is -0.0584. The first-order chi connectivity index (χ1) is 10.0. The molecule has 112 valence electrons. The fourth-order valence-electron chi connectivity index (χ4n) is 3.20. The number of halogens is 2. The van der Waals surface area contributed by atoms with Gasteiger partial charge in [0, 0.05) is 17.4 Å². The number of benzene rings is 1. The van der Waals surface area contributed by atoms with E-state index in [1.807, 2.05) is 12.1 Å². The summed E-state index contributed by atoms with van der Waals surface area (Å²) in [4.78, 5) is 26.6. The van der Waals surface area contributed by atoms with Crippen LogP contribution in [-0.2, 0) is 9.59 Å². The van der Waals surface area contributed by atoms with Crippen LogP contribution in [0.3, 0.4) is 0 Å². The molecule has 6 heteroatoms. The minimum atomic E-state index is -0.732. The summed E-state index contributed by atoms with van der Waals surface area (Å²) < 4.78 is 0.864. The van der Waals surface area contributed by atoms with Crippen molar-refractivity contribution in [1.82, 2.24) is 5.32 Å². The predicted molar refractivity (Wildman–Crippen MR) is 85.5 cm³/mol. The number of anilines is 1. The predicted octanol–water partition coefficient (Wildman–Crippen LogP) is 3.27. The number of nitrogens with zero attached hydrogens (tertiary/aromatic N) is 1. The first-order valence-corrected chi connectivity index (χ1v) is 8.27. The number of rotatable bonds is 1. The zero-order chi connectivity index (χ0) is 15.0. The molecule has 0 unspecified atom stereocenters. The van der Waals surface area contributed by atoms with Crippen molar-refractivity contribution < 1.29 is 9.59 Å². The third kappa shape index (κ3) is 2.69. The Morgan fingerprint density at radius 3 is 2.62 bits per heavy atom. The zero-order valence-corrected chi connectivity index (χ0v) is 13.8. The molecule has 0 bridgehead atoms. The molecular formula is C15H16BrClN2O2. The van der Waals surface area contributed by atoms with E-state index in [4.69, 9.17) is 11.6 Å². The number of carbonyl (C=O) groups excluding carboxylic acids is 2. The van der Waals surface area contributed by atoms with E-state index in [1.165, 1.54) is 0 Å². The molecule has 1 aliphatic carbocycles. The molecule has 1 saturated heterocycles. The lowest BCUT2D eigenvalue weighted by atomic mass is 9.95. The first-order valence-electron chi connectivity index (χ1n) is 7.10. The van der Waals surface area contributed by atoms with E-state index in [9.17, 15) is 9.59 Å². The fourth-order valence-corrected chi connectivity index (χ4v) is 3.98. The molecule has 0 aromatic heterocycles. The molecule has 2 fully saturated rings. The molecule has 0 radical (unpaired) electrons. The van der Waals surface area contributed by atoms with Crippen molar-refractivity contribution in [1.29, 1.82) is 0 Å². The van der Waals surface area contributed by atoms with E-state index >= 15 is 0 Å². The SMILES string of the molecule is O=C1CCN(c2ccc(Br)cc2Cl)C(=O)C2(CCCC2)N1. The van der Waals surface area contributed by atoms with Crippen molar-refractivity contribution in [2.45, 2.75) is 37.6 Å². The molecule has 21 heavy (non-hydrogen) atoms. The Morgan fingerprint density at radius 2 is 1.95 bits per heavy atom. The maximum Gasteiger partial charge on any atom is 0.252 e. The molecule has 1 aromatic carbocycles. The van der Waals surface area contributed by atoms with Gasteiger partial charge in [-0.2, -0.15) is 0 Å². The maximum atomic E-state index is 13.0. The quantitative estimate of drug-likeness (QED) is 0.823. The third-order valence-corrected chi connectivity index (χ3v) is 5.05. The molecule has 1 N–H and O–H groups in total. The highest BCUT2D eigenvalue weighted by Gasteiger charge is 2.47. The molecule has 1 heterocycles. The Morgan fingerprint density at radius 1 is 1.24 bits per heavy atom. The van der Waals surface area contributed by atoms with Gasteiger partial charge in [-0.15, -0.1) is 0 Å². The Bertz CT molecular complexity index is 599. The molecule has 1 spiro atoms. The second-order valence-corrected chi connectivity index (χ2v) is 6.96. The molecule has 1 aromatic rings. The van der Waals surface area contributed by atoms with E-state index in [-0.39, 0.29) is 11.8 Å². The van der Waals surface area contributed by atoms with Gasteiger partial charge >= 0.3 is 0 Å². The van der Waals surface area contributed by atoms with Gasteiger partial charge in [0.1, 0.15) is 5.54 Å². The van der Waals surface area contributed by atoms with Crippen molar-refractivity contribution >= 4 is 45.0 Å². The van der Waals surface area contributed by atoms with Crippen LogP contribution < -0.4 is 10.2 Å². The van der Waals surface area contributed by atoms with Crippen LogP contribution in [0.1, 0.15) is 32.1 Å². The Balaban J connectivity index is 2.00. The van der Waals surface area contributed by atoms with E-state index in [1.54, 1.807) is 11.0 Å². The van der Waals surface area contributed by atoms with Gasteiger partial charge in [0.2, 0.25) is 5.91 Å². The summed E-state index contributed by atoms with van der Waals surface area (Å²) in [6.45, 7) is 0.369. The van der Waals surface area contributed by atoms with Crippen LogP contribution in [0.2, 0.25) is 5.02 Å². The van der Waals surface area contributed by atoms with Gasteiger partial charge in [0.15, 0.2) is 0 Å². The summed E-state index contributed by atoms with van der Waals surface area (Å²) in [6, 6.07) is 5.45. The molecule has 4 nitrogen and oxygen atoms in total. The van der Waals surface area contributed by atoms with Crippen molar-refractivity contribution in [3.63, 3.8) is 0 Å². The Labute approximate surface area is 137 Å². The lowest BCUT2D eigenvalue weighted by Crippen LogP contribution is -2.55. The van der Waals surface area contributed by atoms with Crippen LogP contribution in [-0.4, -0.2) is 23.9 Å². The zero-order valence-electron chi connectivity index (χ0n) is 11.5. The number of carbonyl (C=O) groups is 2. The van der Waals surface area contributed by atoms with Gasteiger partial charge in [0.05, 0.1) is 10.7 Å². The minimum absolute atomic E-state index is 0.0323. The molecule has 2 aliphatic rings. The van der Waals surface area contributed by atoms with E-state index in [2.05, 4.69) is 21.2 Å². The van der Waals surface area contributed by atoms with Crippen LogP contribution in [0, 0.1) is 0 Å². The van der Waals surface area contributed by atoms with Gasteiger partial charge in [-0.25, -0.2) is 0 Å². The van der Waals surface area contributed by atoms with Gasteiger partial charge in [-0.05, 0) is 31.0 Å². The van der Waals surface area contributed by atoms with E-state index < -0.39 is 5.54 Å². The highest BCUT2D eigenvalue weighted by atomic mass is 79.9. The lowest BCUT2D eigenvalue weighted by molar-refractivity contribution is -0.129. The van der Waals surface area contributed by atoms with Gasteiger partial charge in [0.25, 0.3) is 5.91 Å². The van der Waals surface area contributed by atoms with Crippen LogP contribution >= 0.6 is 27.5 Å². The van der Waals surface area contributed by atoms with Gasteiger partial charge in [-0.1, -0.05) is 40.4 Å². The Hall–Kier alpha value is -1.07. The molecule has 3 rings (SSSR count). The van der Waals surface area contributed by atoms with Gasteiger partial charge < -0.3 is 10.2 Å². The number of hydrogen-bond acceptors (Lipinski definition) is 2. The second kappa shape index (κ2) is 5.61. The maximum absolute atomic E-state index is 13.0. The van der Waals surface area contributed by atoms with Crippen LogP contribution in [0.4, 0.5) is 5.69 Å². The van der Waals surface area contributed by atoms with Crippen molar-refractivity contribution in [3.05, 3.63) is 27.7 Å². The first kappa shape index (κ1) is 14.9. The number of nitrogens with one attached hydrogen (secondary N) is 1. The highest BCUT2D eigenvalue weighted by molar-refractivity contribution is 9.10. The normalized spacial score (nSPS) is 21.5. The lowest BCUT2D eigenvalue weighted by Gasteiger charge is -2.32. The monoisotopic (exact) mass is 370 g/mol. The van der Waals surface area contributed by atoms with Crippen molar-refractivity contribution in [2.24, 2.45) is 0 Å². The third-order valence-electron chi connectivity index (χ3n) is 4.25. The molecule has 0 atom stereocenters. The summed E-state index contributed by atoms with van der Waals surface area (Å²) in [5, 5.41) is 3.47. The largest absolute Gasteiger partial charge is 0.342 e. The summed E-state index contributed by atoms with van der Waals surface area (Å²) in [5.74, 6) is -0.0870.